The first-order chi connectivity index (χ1) is 11.9. The second-order valence-corrected chi connectivity index (χ2v) is 6.65. The standard InChI is InChI=1S/C17H20BrClN4O2/c1-4-23(5-2)16(24)15-10(3)21-17(20)22-13(15)9-25-14-7-6-11(18)8-12(14)19/h6-8H,4-5,9H2,1-3H3,(H2,20,21,22). The predicted octanol–water partition coefficient (Wildman–Crippen LogP) is 3.84. The fraction of sp³-hybridized carbons (Fsp3) is 0.353. The van der Waals surface area contributed by atoms with Crippen molar-refractivity contribution in [2.45, 2.75) is 27.4 Å². The molecule has 1 amide bonds. The first kappa shape index (κ1) is 19.5. The van der Waals surface area contributed by atoms with E-state index >= 15 is 0 Å². The number of carbonyl (C=O) groups excluding carboxylic acids is 1. The summed E-state index contributed by atoms with van der Waals surface area (Å²) in [5.41, 5.74) is 7.15. The summed E-state index contributed by atoms with van der Waals surface area (Å²) in [5.74, 6) is 0.470. The highest BCUT2D eigenvalue weighted by molar-refractivity contribution is 9.10. The zero-order valence-corrected chi connectivity index (χ0v) is 16.7. The minimum atomic E-state index is -0.136. The maximum absolute atomic E-state index is 12.8. The van der Waals surface area contributed by atoms with E-state index in [9.17, 15) is 4.79 Å². The van der Waals surface area contributed by atoms with Gasteiger partial charge in [-0.25, -0.2) is 9.97 Å². The van der Waals surface area contributed by atoms with Crippen molar-refractivity contribution >= 4 is 39.4 Å². The van der Waals surface area contributed by atoms with Crippen LogP contribution in [0.2, 0.25) is 5.02 Å². The van der Waals surface area contributed by atoms with Crippen LogP contribution in [0.5, 0.6) is 5.75 Å². The van der Waals surface area contributed by atoms with Crippen LogP contribution < -0.4 is 10.5 Å². The predicted molar refractivity (Wildman–Crippen MR) is 102 cm³/mol. The van der Waals surface area contributed by atoms with E-state index in [4.69, 9.17) is 22.1 Å². The molecule has 2 N–H and O–H groups in total. The van der Waals surface area contributed by atoms with Gasteiger partial charge in [-0.15, -0.1) is 0 Å². The molecule has 0 bridgehead atoms. The molecule has 0 radical (unpaired) electrons. The lowest BCUT2D eigenvalue weighted by atomic mass is 10.1. The highest BCUT2D eigenvalue weighted by Gasteiger charge is 2.22. The zero-order valence-electron chi connectivity index (χ0n) is 14.3. The van der Waals surface area contributed by atoms with Crippen molar-refractivity contribution in [2.24, 2.45) is 0 Å². The first-order valence-corrected chi connectivity index (χ1v) is 9.04. The molecule has 8 heteroatoms. The summed E-state index contributed by atoms with van der Waals surface area (Å²) in [6, 6.07) is 5.30. The highest BCUT2D eigenvalue weighted by atomic mass is 79.9. The van der Waals surface area contributed by atoms with E-state index in [1.165, 1.54) is 0 Å². The lowest BCUT2D eigenvalue weighted by Crippen LogP contribution is -2.32. The van der Waals surface area contributed by atoms with Crippen LogP contribution in [0.4, 0.5) is 5.95 Å². The van der Waals surface area contributed by atoms with Gasteiger partial charge in [-0.05, 0) is 39.0 Å². The van der Waals surface area contributed by atoms with Gasteiger partial charge in [0.2, 0.25) is 5.95 Å². The van der Waals surface area contributed by atoms with Gasteiger partial charge in [0, 0.05) is 17.6 Å². The maximum atomic E-state index is 12.8. The molecule has 0 atom stereocenters. The Hall–Kier alpha value is -1.86. The van der Waals surface area contributed by atoms with Gasteiger partial charge in [-0.3, -0.25) is 4.79 Å². The third-order valence-electron chi connectivity index (χ3n) is 3.70. The van der Waals surface area contributed by atoms with Gasteiger partial charge in [0.05, 0.1) is 22.0 Å². The minimum Gasteiger partial charge on any atom is -0.486 e. The van der Waals surface area contributed by atoms with Crippen molar-refractivity contribution in [2.75, 3.05) is 18.8 Å². The van der Waals surface area contributed by atoms with Crippen molar-refractivity contribution in [1.29, 1.82) is 0 Å². The Labute approximate surface area is 160 Å². The summed E-state index contributed by atoms with van der Waals surface area (Å²) < 4.78 is 6.61. The largest absolute Gasteiger partial charge is 0.486 e. The molecule has 1 aromatic carbocycles. The van der Waals surface area contributed by atoms with Crippen LogP contribution in [0.1, 0.15) is 35.6 Å². The minimum absolute atomic E-state index is 0.0667. The fourth-order valence-corrected chi connectivity index (χ4v) is 3.17. The lowest BCUT2D eigenvalue weighted by Gasteiger charge is -2.21. The number of ether oxygens (including phenoxy) is 1. The van der Waals surface area contributed by atoms with Crippen LogP contribution >= 0.6 is 27.5 Å². The van der Waals surface area contributed by atoms with Gasteiger partial charge in [0.15, 0.2) is 0 Å². The van der Waals surface area contributed by atoms with Crippen LogP contribution in [-0.4, -0.2) is 33.9 Å². The number of amides is 1. The van der Waals surface area contributed by atoms with E-state index in [2.05, 4.69) is 25.9 Å². The summed E-state index contributed by atoms with van der Waals surface area (Å²) in [6.07, 6.45) is 0. The topological polar surface area (TPSA) is 81.3 Å². The SMILES string of the molecule is CCN(CC)C(=O)c1c(C)nc(N)nc1COc1ccc(Br)cc1Cl. The number of aromatic nitrogens is 2. The van der Waals surface area contributed by atoms with Crippen molar-refractivity contribution in [3.63, 3.8) is 0 Å². The maximum Gasteiger partial charge on any atom is 0.257 e. The Morgan fingerprint density at radius 3 is 2.60 bits per heavy atom. The molecule has 2 aromatic rings. The summed E-state index contributed by atoms with van der Waals surface area (Å²) in [6.45, 7) is 6.84. The molecule has 0 spiro atoms. The Balaban J connectivity index is 2.34. The monoisotopic (exact) mass is 426 g/mol. The van der Waals surface area contributed by atoms with Crippen molar-refractivity contribution in [3.05, 3.63) is 44.6 Å². The van der Waals surface area contributed by atoms with E-state index < -0.39 is 0 Å². The van der Waals surface area contributed by atoms with E-state index in [1.54, 1.807) is 24.0 Å². The molecule has 0 aliphatic heterocycles. The normalized spacial score (nSPS) is 10.6. The van der Waals surface area contributed by atoms with E-state index in [1.807, 2.05) is 19.9 Å². The average Bonchev–Trinajstić information content (AvgIpc) is 2.54. The van der Waals surface area contributed by atoms with Crippen LogP contribution in [0, 0.1) is 6.92 Å². The number of rotatable bonds is 6. The molecule has 0 saturated carbocycles. The van der Waals surface area contributed by atoms with Gasteiger partial charge in [0.1, 0.15) is 12.4 Å². The number of nitrogens with two attached hydrogens (primary N) is 1. The fourth-order valence-electron chi connectivity index (χ4n) is 2.45. The van der Waals surface area contributed by atoms with Crippen LogP contribution in [-0.2, 0) is 6.61 Å². The van der Waals surface area contributed by atoms with Crippen LogP contribution in [0.15, 0.2) is 22.7 Å². The summed E-state index contributed by atoms with van der Waals surface area (Å²) in [4.78, 5) is 22.8. The molecule has 134 valence electrons. The van der Waals surface area contributed by atoms with E-state index in [0.29, 0.717) is 40.8 Å². The number of benzene rings is 1. The number of aryl methyl sites for hydroxylation is 1. The van der Waals surface area contributed by atoms with E-state index in [-0.39, 0.29) is 18.5 Å². The molecule has 2 rings (SSSR count). The van der Waals surface area contributed by atoms with Gasteiger partial charge < -0.3 is 15.4 Å². The molecular formula is C17H20BrClN4O2. The van der Waals surface area contributed by atoms with Crippen LogP contribution in [0.25, 0.3) is 0 Å². The molecule has 25 heavy (non-hydrogen) atoms. The van der Waals surface area contributed by atoms with Crippen molar-refractivity contribution in [1.82, 2.24) is 14.9 Å². The molecule has 0 aliphatic carbocycles. The number of halogens is 2. The Morgan fingerprint density at radius 1 is 1.32 bits per heavy atom. The molecule has 6 nitrogen and oxygen atoms in total. The number of anilines is 1. The summed E-state index contributed by atoms with van der Waals surface area (Å²) >= 11 is 9.51. The van der Waals surface area contributed by atoms with Gasteiger partial charge in [-0.2, -0.15) is 0 Å². The van der Waals surface area contributed by atoms with Crippen molar-refractivity contribution in [3.8, 4) is 5.75 Å². The average molecular weight is 428 g/mol. The molecule has 1 heterocycles. The van der Waals surface area contributed by atoms with Crippen LogP contribution in [0.3, 0.4) is 0 Å². The third kappa shape index (κ3) is 4.61. The van der Waals surface area contributed by atoms with Crippen molar-refractivity contribution < 1.29 is 9.53 Å². The summed E-state index contributed by atoms with van der Waals surface area (Å²) in [7, 11) is 0. The van der Waals surface area contributed by atoms with Gasteiger partial charge >= 0.3 is 0 Å². The third-order valence-corrected chi connectivity index (χ3v) is 4.49. The van der Waals surface area contributed by atoms with Gasteiger partial charge in [0.25, 0.3) is 5.91 Å². The number of nitrogen functional groups attached to an aromatic ring is 1. The second-order valence-electron chi connectivity index (χ2n) is 5.33. The zero-order chi connectivity index (χ0) is 18.6. The Bertz CT molecular complexity index is 781. The summed E-state index contributed by atoms with van der Waals surface area (Å²) in [5, 5.41) is 0.463. The molecule has 0 aliphatic rings. The van der Waals surface area contributed by atoms with Gasteiger partial charge in [-0.1, -0.05) is 27.5 Å². The molecule has 1 aromatic heterocycles. The first-order valence-electron chi connectivity index (χ1n) is 7.87. The van der Waals surface area contributed by atoms with E-state index in [0.717, 1.165) is 4.47 Å². The molecule has 0 saturated heterocycles. The Morgan fingerprint density at radius 2 is 2.00 bits per heavy atom. The number of nitrogens with zero attached hydrogens (tertiary/aromatic N) is 3. The lowest BCUT2D eigenvalue weighted by molar-refractivity contribution is 0.0768. The molecule has 0 unspecified atom stereocenters. The quantitative estimate of drug-likeness (QED) is 0.757. The number of hydrogen-bond donors (Lipinski definition) is 1. The number of hydrogen-bond acceptors (Lipinski definition) is 5. The Kier molecular flexibility index (Phi) is 6.61. The highest BCUT2D eigenvalue weighted by Crippen LogP contribution is 2.28. The molecule has 0 fully saturated rings. The second kappa shape index (κ2) is 8.49. The smallest absolute Gasteiger partial charge is 0.257 e. The number of carbonyl (C=O) groups is 1. The molecular weight excluding hydrogens is 408 g/mol.